The van der Waals surface area contributed by atoms with Crippen molar-refractivity contribution in [3.8, 4) is 5.75 Å². The van der Waals surface area contributed by atoms with Crippen LogP contribution in [0.1, 0.15) is 81.9 Å². The van der Waals surface area contributed by atoms with E-state index in [2.05, 4.69) is 10.6 Å². The number of rotatable bonds is 14. The van der Waals surface area contributed by atoms with Gasteiger partial charge in [0.2, 0.25) is 11.7 Å². The van der Waals surface area contributed by atoms with Gasteiger partial charge in [0.05, 0.1) is 7.11 Å². The fraction of sp³-hybridized carbons (Fsp3) is 0.485. The number of carbonyl (C=O) groups is 5. The third-order valence-corrected chi connectivity index (χ3v) is 6.95. The highest BCUT2D eigenvalue weighted by Crippen LogP contribution is 2.30. The highest BCUT2D eigenvalue weighted by atomic mass is 19.4. The van der Waals surface area contributed by atoms with Crippen LogP contribution in [0.2, 0.25) is 0 Å². The number of alkyl carbamates (subject to hydrolysis) is 1. The van der Waals surface area contributed by atoms with Gasteiger partial charge in [-0.15, -0.1) is 0 Å². The van der Waals surface area contributed by atoms with Crippen molar-refractivity contribution in [1.82, 2.24) is 10.6 Å². The lowest BCUT2D eigenvalue weighted by Crippen LogP contribution is -2.40. The fourth-order valence-corrected chi connectivity index (χ4v) is 4.39. The molecule has 9 nitrogen and oxygen atoms in total. The molecule has 0 saturated heterocycles. The van der Waals surface area contributed by atoms with Gasteiger partial charge in [0.25, 0.3) is 0 Å². The molecule has 2 rings (SSSR count). The first-order valence-corrected chi connectivity index (χ1v) is 14.5. The van der Waals surface area contributed by atoms with Crippen LogP contribution in [0.15, 0.2) is 48.5 Å². The number of hydrogen-bond acceptors (Lipinski definition) is 7. The maximum atomic E-state index is 13.4. The molecule has 0 heterocycles. The smallest absolute Gasteiger partial charge is 0.450 e. The number of benzene rings is 2. The summed E-state index contributed by atoms with van der Waals surface area (Å²) in [6.07, 6.45) is -6.65. The summed E-state index contributed by atoms with van der Waals surface area (Å²) in [6, 6.07) is 11.1. The summed E-state index contributed by atoms with van der Waals surface area (Å²) in [6.45, 7) is 9.73. The summed E-state index contributed by atoms with van der Waals surface area (Å²) in [5, 5.41) is 5.20. The van der Waals surface area contributed by atoms with Gasteiger partial charge in [0, 0.05) is 36.8 Å². The molecule has 45 heavy (non-hydrogen) atoms. The number of nitrogens with one attached hydrogen (secondary N) is 2. The molecule has 0 unspecified atom stereocenters. The van der Waals surface area contributed by atoms with Crippen molar-refractivity contribution in [2.45, 2.75) is 78.7 Å². The second-order valence-electron chi connectivity index (χ2n) is 12.2. The Morgan fingerprint density at radius 2 is 1.42 bits per heavy atom. The SMILES string of the molecule is COc1ccc([C@H](NC(=O)[C@H](C)CC(=O)c2ccc(CNC(=O)OC(C)(C)C)cc2)C(=O)C[C@H](C(=O)C(F)(F)F)C(C)C)cc1. The van der Waals surface area contributed by atoms with Gasteiger partial charge in [0.15, 0.2) is 11.6 Å². The van der Waals surface area contributed by atoms with Gasteiger partial charge >= 0.3 is 12.3 Å². The summed E-state index contributed by atoms with van der Waals surface area (Å²) in [5.41, 5.74) is 0.676. The molecule has 0 saturated carbocycles. The van der Waals surface area contributed by atoms with Gasteiger partial charge in [-0.1, -0.05) is 57.2 Å². The van der Waals surface area contributed by atoms with Crippen LogP contribution in [-0.4, -0.2) is 48.2 Å². The summed E-state index contributed by atoms with van der Waals surface area (Å²) in [4.78, 5) is 63.5. The van der Waals surface area contributed by atoms with E-state index >= 15 is 0 Å². The van der Waals surface area contributed by atoms with E-state index in [-0.39, 0.29) is 24.3 Å². The lowest BCUT2D eigenvalue weighted by Gasteiger charge is -2.25. The van der Waals surface area contributed by atoms with Gasteiger partial charge in [-0.3, -0.25) is 19.2 Å². The molecule has 2 aromatic rings. The average molecular weight is 635 g/mol. The molecule has 0 fully saturated rings. The Morgan fingerprint density at radius 1 is 0.844 bits per heavy atom. The molecule has 12 heteroatoms. The first kappa shape index (κ1) is 37.0. The van der Waals surface area contributed by atoms with E-state index in [4.69, 9.17) is 9.47 Å². The van der Waals surface area contributed by atoms with Gasteiger partial charge in [-0.2, -0.15) is 13.2 Å². The molecule has 0 aliphatic carbocycles. The predicted molar refractivity (Wildman–Crippen MR) is 161 cm³/mol. The highest BCUT2D eigenvalue weighted by molar-refractivity contribution is 5.99. The van der Waals surface area contributed by atoms with Crippen LogP contribution in [0.3, 0.4) is 0 Å². The van der Waals surface area contributed by atoms with Crippen LogP contribution in [0.4, 0.5) is 18.0 Å². The molecule has 0 spiro atoms. The number of ether oxygens (including phenoxy) is 2. The molecule has 2 aromatic carbocycles. The lowest BCUT2D eigenvalue weighted by molar-refractivity contribution is -0.177. The molecule has 0 aromatic heterocycles. The van der Waals surface area contributed by atoms with E-state index in [1.165, 1.54) is 52.1 Å². The molecule has 0 radical (unpaired) electrons. The van der Waals surface area contributed by atoms with Crippen molar-refractivity contribution < 1.29 is 46.6 Å². The quantitative estimate of drug-likeness (QED) is 0.239. The Kier molecular flexibility index (Phi) is 12.9. The molecule has 2 amide bonds. The summed E-state index contributed by atoms with van der Waals surface area (Å²) in [5.74, 6) is -6.67. The number of amides is 2. The highest BCUT2D eigenvalue weighted by Gasteiger charge is 2.45. The Morgan fingerprint density at radius 3 is 1.91 bits per heavy atom. The average Bonchev–Trinajstić information content (AvgIpc) is 2.95. The van der Waals surface area contributed by atoms with Crippen molar-refractivity contribution in [1.29, 1.82) is 0 Å². The third-order valence-electron chi connectivity index (χ3n) is 6.95. The Hall–Kier alpha value is -4.22. The number of alkyl halides is 3. The van der Waals surface area contributed by atoms with Gasteiger partial charge in [0.1, 0.15) is 17.4 Å². The second kappa shape index (κ2) is 15.7. The van der Waals surface area contributed by atoms with E-state index in [0.29, 0.717) is 16.9 Å². The number of carbonyl (C=O) groups excluding carboxylic acids is 5. The predicted octanol–water partition coefficient (Wildman–Crippen LogP) is 6.15. The topological polar surface area (TPSA) is 128 Å². The maximum Gasteiger partial charge on any atom is 0.450 e. The Labute approximate surface area is 261 Å². The minimum atomic E-state index is -5.12. The van der Waals surface area contributed by atoms with E-state index in [0.717, 1.165) is 0 Å². The lowest BCUT2D eigenvalue weighted by atomic mass is 9.84. The molecule has 0 aliphatic heterocycles. The van der Waals surface area contributed by atoms with Crippen LogP contribution in [-0.2, 0) is 25.7 Å². The molecule has 246 valence electrons. The van der Waals surface area contributed by atoms with Gasteiger partial charge in [-0.25, -0.2) is 4.79 Å². The van der Waals surface area contributed by atoms with Crippen LogP contribution >= 0.6 is 0 Å². The first-order chi connectivity index (χ1) is 20.8. The van der Waals surface area contributed by atoms with E-state index < -0.39 is 65.6 Å². The largest absolute Gasteiger partial charge is 0.497 e. The molecule has 0 aliphatic rings. The Bertz CT molecular complexity index is 1350. The number of methoxy groups -OCH3 is 1. The van der Waals surface area contributed by atoms with Crippen LogP contribution in [0, 0.1) is 17.8 Å². The normalized spacial score (nSPS) is 13.8. The van der Waals surface area contributed by atoms with Crippen molar-refractivity contribution >= 4 is 29.4 Å². The zero-order valence-electron chi connectivity index (χ0n) is 26.5. The van der Waals surface area contributed by atoms with E-state index in [1.807, 2.05) is 0 Å². The number of halogens is 3. The van der Waals surface area contributed by atoms with Crippen molar-refractivity contribution in [3.63, 3.8) is 0 Å². The van der Waals surface area contributed by atoms with E-state index in [1.54, 1.807) is 45.0 Å². The van der Waals surface area contributed by atoms with Crippen LogP contribution < -0.4 is 15.4 Å². The monoisotopic (exact) mass is 634 g/mol. The maximum absolute atomic E-state index is 13.4. The van der Waals surface area contributed by atoms with Crippen molar-refractivity contribution in [2.24, 2.45) is 17.8 Å². The Balaban J connectivity index is 2.15. The molecular formula is C33H41F3N2O7. The minimum Gasteiger partial charge on any atom is -0.497 e. The van der Waals surface area contributed by atoms with Gasteiger partial charge < -0.3 is 20.1 Å². The molecule has 3 atom stereocenters. The van der Waals surface area contributed by atoms with E-state index in [9.17, 15) is 37.1 Å². The number of Topliss-reactive ketones (excluding diaryl/α,β-unsaturated/α-hetero) is 3. The first-order valence-electron chi connectivity index (χ1n) is 14.5. The summed E-state index contributed by atoms with van der Waals surface area (Å²) < 4.78 is 50.0. The summed E-state index contributed by atoms with van der Waals surface area (Å²) >= 11 is 0. The van der Waals surface area contributed by atoms with Crippen LogP contribution in [0.5, 0.6) is 5.75 Å². The zero-order valence-corrected chi connectivity index (χ0v) is 26.5. The molecule has 2 N–H and O–H groups in total. The number of hydrogen-bond donors (Lipinski definition) is 2. The third kappa shape index (κ3) is 11.7. The van der Waals surface area contributed by atoms with Crippen molar-refractivity contribution in [2.75, 3.05) is 7.11 Å². The standard InChI is InChI=1S/C33H41F3N2O7/c1-19(2)25(29(41)33(34,35)36)17-27(40)28(23-12-14-24(44-7)15-13-23)38-30(42)20(3)16-26(39)22-10-8-21(9-11-22)18-37-31(43)45-32(4,5)6/h8-15,19-20,25,28H,16-18H2,1-7H3,(H,37,43)(H,38,42)/t20-,25+,28+/m1/s1. The van der Waals surface area contributed by atoms with Crippen molar-refractivity contribution in [3.05, 3.63) is 65.2 Å². The molecular weight excluding hydrogens is 593 g/mol. The minimum absolute atomic E-state index is 0.176. The second-order valence-corrected chi connectivity index (χ2v) is 12.2. The number of ketones is 3. The fourth-order valence-electron chi connectivity index (χ4n) is 4.39. The zero-order chi connectivity index (χ0) is 34.1. The van der Waals surface area contributed by atoms with Crippen LogP contribution in [0.25, 0.3) is 0 Å². The summed E-state index contributed by atoms with van der Waals surface area (Å²) in [7, 11) is 1.43. The van der Waals surface area contributed by atoms with Gasteiger partial charge in [-0.05, 0) is 49.9 Å². The molecule has 0 bridgehead atoms.